The number of benzene rings is 1. The second kappa shape index (κ2) is 7.73. The van der Waals surface area contributed by atoms with E-state index in [-0.39, 0.29) is 28.0 Å². The van der Waals surface area contributed by atoms with E-state index in [1.165, 1.54) is 6.07 Å². The Morgan fingerprint density at radius 2 is 1.96 bits per heavy atom. The summed E-state index contributed by atoms with van der Waals surface area (Å²) in [5, 5.41) is 4.04. The third-order valence-electron chi connectivity index (χ3n) is 6.41. The molecule has 2 rings (SSSR count). The van der Waals surface area contributed by atoms with Crippen LogP contribution in [0, 0.1) is 5.82 Å². The molecule has 0 aromatic heterocycles. The zero-order chi connectivity index (χ0) is 20.7. The van der Waals surface area contributed by atoms with Crippen molar-refractivity contribution in [3.63, 3.8) is 0 Å². The van der Waals surface area contributed by atoms with Gasteiger partial charge >= 0.3 is 0 Å². The van der Waals surface area contributed by atoms with Crippen LogP contribution in [0.1, 0.15) is 59.4 Å². The fourth-order valence-corrected chi connectivity index (χ4v) is 6.37. The van der Waals surface area contributed by atoms with Gasteiger partial charge in [0.25, 0.3) is 0 Å². The molecule has 0 amide bonds. The second-order valence-electron chi connectivity index (χ2n) is 9.90. The molecule has 0 spiro atoms. The Morgan fingerprint density at radius 3 is 2.48 bits per heavy atom. The van der Waals surface area contributed by atoms with Crippen molar-refractivity contribution in [2.45, 2.75) is 89.2 Å². The van der Waals surface area contributed by atoms with Gasteiger partial charge in [-0.1, -0.05) is 48.8 Å². The van der Waals surface area contributed by atoms with E-state index in [9.17, 15) is 4.39 Å². The smallest absolute Gasteiger partial charge is 0.192 e. The minimum atomic E-state index is -1.89. The van der Waals surface area contributed by atoms with Gasteiger partial charge in [-0.2, -0.15) is 0 Å². The summed E-state index contributed by atoms with van der Waals surface area (Å²) in [6, 6.07) is 5.20. The van der Waals surface area contributed by atoms with Gasteiger partial charge in [0.15, 0.2) is 8.32 Å². The minimum Gasteiger partial charge on any atom is -0.410 e. The summed E-state index contributed by atoms with van der Waals surface area (Å²) in [5.41, 5.74) is 0.570. The SMILES string of the molecule is C=CC[C@@]1(c2ccc(F)cc2Br)CC[C@H](C(C)(C)O[Si](C)(C)C(C)(C)C)N1. The van der Waals surface area contributed by atoms with E-state index in [1.54, 1.807) is 6.07 Å². The zero-order valence-electron chi connectivity index (χ0n) is 17.9. The Morgan fingerprint density at radius 1 is 1.33 bits per heavy atom. The van der Waals surface area contributed by atoms with Crippen LogP contribution in [0.15, 0.2) is 35.3 Å². The molecule has 0 aliphatic carbocycles. The van der Waals surface area contributed by atoms with Gasteiger partial charge in [-0.15, -0.1) is 6.58 Å². The Hall–Kier alpha value is -0.493. The van der Waals surface area contributed by atoms with Crippen molar-refractivity contribution in [1.29, 1.82) is 0 Å². The number of nitrogens with one attached hydrogen (secondary N) is 1. The lowest BCUT2D eigenvalue weighted by Crippen LogP contribution is -2.56. The van der Waals surface area contributed by atoms with Crippen LogP contribution in [-0.2, 0) is 9.96 Å². The average molecular weight is 457 g/mol. The molecule has 2 atom stereocenters. The van der Waals surface area contributed by atoms with Gasteiger partial charge in [-0.3, -0.25) is 0 Å². The molecule has 1 heterocycles. The quantitative estimate of drug-likeness (QED) is 0.371. The van der Waals surface area contributed by atoms with Crippen LogP contribution in [0.3, 0.4) is 0 Å². The first-order valence-corrected chi connectivity index (χ1v) is 13.5. The Balaban J connectivity index is 2.31. The minimum absolute atomic E-state index is 0.168. The highest BCUT2D eigenvalue weighted by molar-refractivity contribution is 9.10. The Kier molecular flexibility index (Phi) is 6.53. The molecular weight excluding hydrogens is 421 g/mol. The van der Waals surface area contributed by atoms with Crippen molar-refractivity contribution in [2.75, 3.05) is 0 Å². The molecule has 2 nitrogen and oxygen atoms in total. The molecule has 1 saturated heterocycles. The molecule has 1 aromatic carbocycles. The lowest BCUT2D eigenvalue weighted by atomic mass is 9.85. The van der Waals surface area contributed by atoms with E-state index in [1.807, 2.05) is 12.1 Å². The largest absolute Gasteiger partial charge is 0.410 e. The van der Waals surface area contributed by atoms with Gasteiger partial charge in [-0.05, 0) is 68.9 Å². The molecule has 1 fully saturated rings. The van der Waals surface area contributed by atoms with Gasteiger partial charge < -0.3 is 9.74 Å². The Labute approximate surface area is 174 Å². The van der Waals surface area contributed by atoms with Crippen LogP contribution in [0.5, 0.6) is 0 Å². The van der Waals surface area contributed by atoms with Crippen molar-refractivity contribution < 1.29 is 8.82 Å². The lowest BCUT2D eigenvalue weighted by Gasteiger charge is -2.46. The van der Waals surface area contributed by atoms with E-state index in [2.05, 4.69) is 75.5 Å². The highest BCUT2D eigenvalue weighted by atomic mass is 79.9. The van der Waals surface area contributed by atoms with Gasteiger partial charge in [0.1, 0.15) is 5.82 Å². The predicted octanol–water partition coefficient (Wildman–Crippen LogP) is 6.91. The molecule has 152 valence electrons. The normalized spacial score (nSPS) is 24.3. The van der Waals surface area contributed by atoms with Crippen molar-refractivity contribution in [2.24, 2.45) is 0 Å². The highest BCUT2D eigenvalue weighted by Gasteiger charge is 2.49. The zero-order valence-corrected chi connectivity index (χ0v) is 20.5. The number of halogens is 2. The topological polar surface area (TPSA) is 21.3 Å². The van der Waals surface area contributed by atoms with E-state index >= 15 is 0 Å². The van der Waals surface area contributed by atoms with Crippen LogP contribution in [0.4, 0.5) is 4.39 Å². The molecule has 5 heteroatoms. The van der Waals surface area contributed by atoms with Gasteiger partial charge in [-0.25, -0.2) is 4.39 Å². The molecule has 1 N–H and O–H groups in total. The van der Waals surface area contributed by atoms with E-state index in [0.717, 1.165) is 29.3 Å². The molecule has 1 aromatic rings. The van der Waals surface area contributed by atoms with E-state index < -0.39 is 8.32 Å². The molecule has 0 bridgehead atoms. The van der Waals surface area contributed by atoms with Crippen molar-refractivity contribution in [3.8, 4) is 0 Å². The van der Waals surface area contributed by atoms with Gasteiger partial charge in [0, 0.05) is 16.1 Å². The monoisotopic (exact) mass is 455 g/mol. The molecule has 0 radical (unpaired) electrons. The first-order valence-electron chi connectivity index (χ1n) is 9.78. The summed E-state index contributed by atoms with van der Waals surface area (Å²) in [6.07, 6.45) is 4.73. The van der Waals surface area contributed by atoms with Crippen LogP contribution in [-0.4, -0.2) is 20.0 Å². The standard InChI is InChI=1S/C22H35BrFNOSi/c1-9-13-22(17-11-10-16(24)15-18(17)23)14-12-19(25-22)21(5,6)26-27(7,8)20(2,3)4/h9-11,15,19,25H,1,12-14H2,2-8H3/t19-,22+/m1/s1. The predicted molar refractivity (Wildman–Crippen MR) is 119 cm³/mol. The second-order valence-corrected chi connectivity index (χ2v) is 15.5. The lowest BCUT2D eigenvalue weighted by molar-refractivity contribution is 0.0511. The van der Waals surface area contributed by atoms with Crippen LogP contribution >= 0.6 is 15.9 Å². The van der Waals surface area contributed by atoms with Crippen LogP contribution < -0.4 is 5.32 Å². The van der Waals surface area contributed by atoms with Crippen molar-refractivity contribution in [3.05, 3.63) is 46.7 Å². The average Bonchev–Trinajstić information content (AvgIpc) is 2.91. The maximum atomic E-state index is 13.6. The molecule has 27 heavy (non-hydrogen) atoms. The third kappa shape index (κ3) is 4.74. The first kappa shape index (κ1) is 22.8. The molecule has 1 aliphatic heterocycles. The summed E-state index contributed by atoms with van der Waals surface area (Å²) in [7, 11) is -1.89. The maximum absolute atomic E-state index is 13.6. The van der Waals surface area contributed by atoms with E-state index in [4.69, 9.17) is 4.43 Å². The maximum Gasteiger partial charge on any atom is 0.192 e. The Bertz CT molecular complexity index is 698. The fraction of sp³-hybridized carbons (Fsp3) is 0.636. The molecule has 1 aliphatic rings. The molecule has 0 saturated carbocycles. The van der Waals surface area contributed by atoms with E-state index in [0.29, 0.717) is 0 Å². The first-order chi connectivity index (χ1) is 12.2. The van der Waals surface area contributed by atoms with Crippen molar-refractivity contribution in [1.82, 2.24) is 5.32 Å². The number of hydrogen-bond donors (Lipinski definition) is 1. The van der Waals surface area contributed by atoms with Crippen molar-refractivity contribution >= 4 is 24.2 Å². The summed E-state index contributed by atoms with van der Waals surface area (Å²) in [6.45, 7) is 19.8. The van der Waals surface area contributed by atoms with Crippen LogP contribution in [0.25, 0.3) is 0 Å². The number of rotatable bonds is 6. The third-order valence-corrected chi connectivity index (χ3v) is 11.7. The van der Waals surface area contributed by atoms with Gasteiger partial charge in [0.2, 0.25) is 0 Å². The van der Waals surface area contributed by atoms with Gasteiger partial charge in [0.05, 0.1) is 5.60 Å². The number of hydrogen-bond acceptors (Lipinski definition) is 2. The summed E-state index contributed by atoms with van der Waals surface area (Å²) in [4.78, 5) is 0. The summed E-state index contributed by atoms with van der Waals surface area (Å²) < 4.78 is 21.2. The van der Waals surface area contributed by atoms with Crippen LogP contribution in [0.2, 0.25) is 18.1 Å². The highest BCUT2D eigenvalue weighted by Crippen LogP contribution is 2.45. The summed E-state index contributed by atoms with van der Waals surface area (Å²) in [5.74, 6) is -0.226. The molecular formula is C22H35BrFNOSi. The fourth-order valence-electron chi connectivity index (χ4n) is 3.88. The molecule has 0 unspecified atom stereocenters. The summed E-state index contributed by atoms with van der Waals surface area (Å²) >= 11 is 3.57.